The maximum Gasteiger partial charge on any atom is 0.303 e. The Hall–Kier alpha value is -3.06. The molecule has 0 aliphatic carbocycles. The number of aromatic amines is 1. The molecule has 0 aliphatic rings. The molecule has 2 aromatic heterocycles. The van der Waals surface area contributed by atoms with E-state index in [2.05, 4.69) is 15.3 Å². The van der Waals surface area contributed by atoms with Crippen LogP contribution in [-0.4, -0.2) is 34.2 Å². The van der Waals surface area contributed by atoms with E-state index in [0.717, 1.165) is 41.1 Å². The van der Waals surface area contributed by atoms with E-state index < -0.39 is 5.97 Å². The fourth-order valence-electron chi connectivity index (χ4n) is 2.58. The lowest BCUT2D eigenvalue weighted by Gasteiger charge is -2.07. The molecule has 0 saturated heterocycles. The lowest BCUT2D eigenvalue weighted by atomic mass is 10.2. The van der Waals surface area contributed by atoms with Gasteiger partial charge in [-0.25, -0.2) is 4.98 Å². The Morgan fingerprint density at radius 1 is 1.23 bits per heavy atom. The molecule has 0 atom stereocenters. The number of aryl methyl sites for hydroxylation is 1. The quantitative estimate of drug-likeness (QED) is 0.434. The summed E-state index contributed by atoms with van der Waals surface area (Å²) >= 11 is 0. The van der Waals surface area contributed by atoms with E-state index in [-0.39, 0.29) is 12.6 Å². The lowest BCUT2D eigenvalue weighted by molar-refractivity contribution is -0.136. The molecule has 0 radical (unpaired) electrons. The summed E-state index contributed by atoms with van der Waals surface area (Å²) in [6, 6.07) is 13.6. The number of anilines is 1. The van der Waals surface area contributed by atoms with Crippen molar-refractivity contribution in [2.24, 2.45) is 0 Å². The van der Waals surface area contributed by atoms with Crippen LogP contribution in [0.15, 0.2) is 48.7 Å². The van der Waals surface area contributed by atoms with Gasteiger partial charge in [0.15, 0.2) is 0 Å². The van der Waals surface area contributed by atoms with Gasteiger partial charge >= 0.3 is 5.97 Å². The fraction of sp³-hybridized carbons (Fsp3) is 0.263. The predicted octanol–water partition coefficient (Wildman–Crippen LogP) is 3.62. The largest absolute Gasteiger partial charge is 0.494 e. The molecular formula is C19H24N4O3. The third-order valence-electron chi connectivity index (χ3n) is 3.82. The van der Waals surface area contributed by atoms with Gasteiger partial charge in [0.2, 0.25) is 0 Å². The number of carbonyl (C=O) groups is 1. The van der Waals surface area contributed by atoms with E-state index in [4.69, 9.17) is 9.84 Å². The molecule has 2 heterocycles. The zero-order chi connectivity index (χ0) is 17.5. The normalized spacial score (nSPS) is 10.3. The van der Waals surface area contributed by atoms with Crippen molar-refractivity contribution in [3.63, 3.8) is 0 Å². The third-order valence-corrected chi connectivity index (χ3v) is 3.82. The number of carboxylic acid groups (broad SMARTS) is 1. The van der Waals surface area contributed by atoms with Crippen molar-refractivity contribution < 1.29 is 14.6 Å². The summed E-state index contributed by atoms with van der Waals surface area (Å²) < 4.78 is 5.79. The number of aromatic nitrogens is 2. The number of pyridine rings is 1. The third kappa shape index (κ3) is 5.49. The van der Waals surface area contributed by atoms with E-state index in [9.17, 15) is 4.79 Å². The highest BCUT2D eigenvalue weighted by atomic mass is 16.5. The highest BCUT2D eigenvalue weighted by molar-refractivity contribution is 5.82. The fourth-order valence-corrected chi connectivity index (χ4v) is 2.58. The van der Waals surface area contributed by atoms with Crippen molar-refractivity contribution >= 4 is 22.7 Å². The molecule has 7 heteroatoms. The second-order valence-corrected chi connectivity index (χ2v) is 5.78. The number of aliphatic carboxylic acids is 1. The number of rotatable bonds is 9. The van der Waals surface area contributed by atoms with Crippen molar-refractivity contribution in [2.45, 2.75) is 19.3 Å². The molecule has 6 N–H and O–H groups in total. The van der Waals surface area contributed by atoms with E-state index in [1.807, 2.05) is 42.5 Å². The molecule has 26 heavy (non-hydrogen) atoms. The molecule has 138 valence electrons. The number of fused-ring (bicyclic) bond motifs is 1. The molecule has 3 rings (SSSR count). The summed E-state index contributed by atoms with van der Waals surface area (Å²) in [5.74, 6) is 0.890. The van der Waals surface area contributed by atoms with Crippen molar-refractivity contribution in [3.8, 4) is 5.75 Å². The Morgan fingerprint density at radius 3 is 2.88 bits per heavy atom. The number of H-pyrrole nitrogens is 1. The van der Waals surface area contributed by atoms with Gasteiger partial charge in [0, 0.05) is 29.3 Å². The topological polar surface area (TPSA) is 122 Å². The van der Waals surface area contributed by atoms with E-state index >= 15 is 0 Å². The first-order chi connectivity index (χ1) is 12.2. The number of nitrogens with zero attached hydrogens (tertiary/aromatic N) is 1. The van der Waals surface area contributed by atoms with Crippen LogP contribution in [0.1, 0.15) is 18.5 Å². The van der Waals surface area contributed by atoms with E-state index in [1.54, 1.807) is 6.20 Å². The van der Waals surface area contributed by atoms with Crippen LogP contribution < -0.4 is 16.2 Å². The Morgan fingerprint density at radius 2 is 2.12 bits per heavy atom. The minimum absolute atomic E-state index is 0. The highest BCUT2D eigenvalue weighted by Gasteiger charge is 2.05. The van der Waals surface area contributed by atoms with Gasteiger partial charge in [0.1, 0.15) is 11.6 Å². The van der Waals surface area contributed by atoms with Crippen molar-refractivity contribution in [1.82, 2.24) is 16.1 Å². The van der Waals surface area contributed by atoms with Gasteiger partial charge in [-0.3, -0.25) is 4.79 Å². The number of hydrogen-bond donors (Lipinski definition) is 4. The smallest absolute Gasteiger partial charge is 0.303 e. The maximum absolute atomic E-state index is 10.7. The first-order valence-electron chi connectivity index (χ1n) is 8.32. The second kappa shape index (κ2) is 9.43. The second-order valence-electron chi connectivity index (χ2n) is 5.78. The van der Waals surface area contributed by atoms with Gasteiger partial charge in [-0.1, -0.05) is 6.07 Å². The molecule has 1 aromatic carbocycles. The zero-order valence-electron chi connectivity index (χ0n) is 14.6. The first kappa shape index (κ1) is 19.3. The van der Waals surface area contributed by atoms with Gasteiger partial charge in [-0.15, -0.1) is 0 Å². The van der Waals surface area contributed by atoms with E-state index in [0.29, 0.717) is 13.0 Å². The number of hydrogen-bond acceptors (Lipinski definition) is 5. The average Bonchev–Trinajstić information content (AvgIpc) is 3.03. The molecular weight excluding hydrogens is 332 g/mol. The van der Waals surface area contributed by atoms with Crippen LogP contribution in [0.3, 0.4) is 0 Å². The Labute approximate surface area is 152 Å². The number of ether oxygens (including phenoxy) is 1. The van der Waals surface area contributed by atoms with Gasteiger partial charge in [0.25, 0.3) is 0 Å². The van der Waals surface area contributed by atoms with Gasteiger partial charge in [0.05, 0.1) is 13.0 Å². The molecule has 0 unspecified atom stereocenters. The zero-order valence-corrected chi connectivity index (χ0v) is 14.6. The van der Waals surface area contributed by atoms with Gasteiger partial charge in [-0.2, -0.15) is 0 Å². The van der Waals surface area contributed by atoms with Crippen LogP contribution in [0.2, 0.25) is 0 Å². The SMILES string of the molecule is N.O=C(O)CCc1cc2cc(OCCCNc3ccccn3)ccc2[nH]1. The summed E-state index contributed by atoms with van der Waals surface area (Å²) in [6.45, 7) is 1.41. The Bertz CT molecular complexity index is 833. The summed E-state index contributed by atoms with van der Waals surface area (Å²) in [5.41, 5.74) is 1.92. The number of benzene rings is 1. The maximum atomic E-state index is 10.7. The minimum atomic E-state index is -0.790. The molecule has 0 bridgehead atoms. The molecule has 0 spiro atoms. The monoisotopic (exact) mass is 356 g/mol. The summed E-state index contributed by atoms with van der Waals surface area (Å²) in [7, 11) is 0. The Kier molecular flexibility index (Phi) is 6.99. The van der Waals surface area contributed by atoms with Gasteiger partial charge in [-0.05, 0) is 49.2 Å². The van der Waals surface area contributed by atoms with Crippen LogP contribution >= 0.6 is 0 Å². The van der Waals surface area contributed by atoms with Crippen LogP contribution in [0, 0.1) is 0 Å². The first-order valence-corrected chi connectivity index (χ1v) is 8.32. The summed E-state index contributed by atoms with van der Waals surface area (Å²) in [6.07, 6.45) is 3.25. The summed E-state index contributed by atoms with van der Waals surface area (Å²) in [5, 5.41) is 13.0. The van der Waals surface area contributed by atoms with Crippen molar-refractivity contribution in [1.29, 1.82) is 0 Å². The van der Waals surface area contributed by atoms with Gasteiger partial charge < -0.3 is 26.3 Å². The van der Waals surface area contributed by atoms with Crippen molar-refractivity contribution in [3.05, 3.63) is 54.4 Å². The highest BCUT2D eigenvalue weighted by Crippen LogP contribution is 2.22. The molecule has 0 amide bonds. The van der Waals surface area contributed by atoms with Crippen LogP contribution in [0.5, 0.6) is 5.75 Å². The minimum Gasteiger partial charge on any atom is -0.494 e. The number of nitrogens with one attached hydrogen (secondary N) is 2. The average molecular weight is 356 g/mol. The molecule has 0 fully saturated rings. The van der Waals surface area contributed by atoms with E-state index in [1.165, 1.54) is 0 Å². The van der Waals surface area contributed by atoms with Crippen LogP contribution in [0.25, 0.3) is 10.9 Å². The molecule has 7 nitrogen and oxygen atoms in total. The van der Waals surface area contributed by atoms with Crippen LogP contribution in [-0.2, 0) is 11.2 Å². The van der Waals surface area contributed by atoms with Crippen molar-refractivity contribution in [2.75, 3.05) is 18.5 Å². The molecule has 0 aliphatic heterocycles. The predicted molar refractivity (Wildman–Crippen MR) is 102 cm³/mol. The lowest BCUT2D eigenvalue weighted by Crippen LogP contribution is -2.07. The molecule has 3 aromatic rings. The molecule has 0 saturated carbocycles. The van der Waals surface area contributed by atoms with Crippen LogP contribution in [0.4, 0.5) is 5.82 Å². The Balaban J connectivity index is 0.00000243. The summed E-state index contributed by atoms with van der Waals surface area (Å²) in [4.78, 5) is 18.1. The number of carboxylic acids is 1. The standard InChI is InChI=1S/C19H21N3O3.H3N/c23-19(24)8-5-15-12-14-13-16(6-7-17(14)22-15)25-11-3-10-21-18-4-1-2-9-20-18;/h1-2,4,6-7,9,12-13,22H,3,5,8,10-11H2,(H,20,21)(H,23,24);1H3.